The second kappa shape index (κ2) is 8.46. The van der Waals surface area contributed by atoms with Crippen molar-refractivity contribution < 1.29 is 36.6 Å². The summed E-state index contributed by atoms with van der Waals surface area (Å²) in [5.41, 5.74) is -3.57. The molecule has 7 nitrogen and oxygen atoms in total. The quantitative estimate of drug-likeness (QED) is 0.371. The van der Waals surface area contributed by atoms with Crippen molar-refractivity contribution in [1.82, 2.24) is 15.0 Å². The van der Waals surface area contributed by atoms with Crippen LogP contribution in [0.2, 0.25) is 0 Å². The molecule has 4 rings (SSSR count). The second-order valence-electron chi connectivity index (χ2n) is 7.50. The maximum Gasteiger partial charge on any atom is 0.418 e. The fourth-order valence-electron chi connectivity index (χ4n) is 3.61. The zero-order valence-electron chi connectivity index (χ0n) is 17.9. The first-order valence-electron chi connectivity index (χ1n) is 9.85. The number of rotatable bonds is 4. The number of nitrogens with one attached hydrogen (secondary N) is 1. The fraction of sp³-hybridized carbons (Fsp3) is 0.130. The number of carboxylic acids is 1. The highest BCUT2D eigenvalue weighted by atomic mass is 19.4. The van der Waals surface area contributed by atoms with Crippen molar-refractivity contribution in [2.24, 2.45) is 0 Å². The van der Waals surface area contributed by atoms with Gasteiger partial charge in [0.15, 0.2) is 22.8 Å². The summed E-state index contributed by atoms with van der Waals surface area (Å²) in [6, 6.07) is 4.04. The number of pyridine rings is 3. The van der Waals surface area contributed by atoms with Gasteiger partial charge < -0.3 is 14.8 Å². The van der Waals surface area contributed by atoms with E-state index in [1.54, 1.807) is 0 Å². The van der Waals surface area contributed by atoms with Crippen LogP contribution in [0.3, 0.4) is 0 Å². The van der Waals surface area contributed by atoms with Crippen LogP contribution in [-0.2, 0) is 6.18 Å². The highest BCUT2D eigenvalue weighted by molar-refractivity contribution is 6.00. The Morgan fingerprint density at radius 2 is 1.80 bits per heavy atom. The van der Waals surface area contributed by atoms with Gasteiger partial charge in [0.1, 0.15) is 5.75 Å². The minimum Gasteiger partial charge on any atom is -0.476 e. The van der Waals surface area contributed by atoms with E-state index in [-0.39, 0.29) is 39.0 Å². The van der Waals surface area contributed by atoms with E-state index in [0.717, 1.165) is 31.3 Å². The average Bonchev–Trinajstić information content (AvgIpc) is 2.78. The molecule has 35 heavy (non-hydrogen) atoms. The van der Waals surface area contributed by atoms with Crippen molar-refractivity contribution in [3.05, 3.63) is 80.9 Å². The minimum absolute atomic E-state index is 0.00771. The number of aromatic carboxylic acids is 1. The van der Waals surface area contributed by atoms with E-state index in [1.165, 1.54) is 13.0 Å². The van der Waals surface area contributed by atoms with E-state index >= 15 is 0 Å². The van der Waals surface area contributed by atoms with Crippen molar-refractivity contribution in [2.75, 3.05) is 0 Å². The third kappa shape index (κ3) is 4.18. The fourth-order valence-corrected chi connectivity index (χ4v) is 3.61. The first kappa shape index (κ1) is 23.8. The van der Waals surface area contributed by atoms with Crippen LogP contribution in [0, 0.1) is 25.5 Å². The van der Waals surface area contributed by atoms with Crippen LogP contribution in [0.4, 0.5) is 22.0 Å². The molecule has 0 fully saturated rings. The number of hydrogen-bond acceptors (Lipinski definition) is 5. The topological polar surface area (TPSA) is 105 Å². The normalized spacial score (nSPS) is 11.6. The van der Waals surface area contributed by atoms with Gasteiger partial charge in [0.2, 0.25) is 5.88 Å². The number of carbonyl (C=O) groups is 1. The third-order valence-electron chi connectivity index (χ3n) is 5.32. The molecule has 0 aliphatic carbocycles. The van der Waals surface area contributed by atoms with Gasteiger partial charge in [-0.15, -0.1) is 0 Å². The molecule has 0 bridgehead atoms. The standard InChI is InChI=1S/C23H14F5N3O4/c1-9-11(23(26,27)28)8-30-21(35-16-4-3-12(24)19(25)10(16)2)17(9)14-7-15(32)18-13(31-14)5-6-29-20(18)22(33)34/h3-8H,1-2H3,(H,31,32)(H,33,34). The maximum atomic E-state index is 14.0. The van der Waals surface area contributed by atoms with Crippen molar-refractivity contribution in [3.63, 3.8) is 0 Å². The second-order valence-corrected chi connectivity index (χ2v) is 7.50. The van der Waals surface area contributed by atoms with Gasteiger partial charge in [0.05, 0.1) is 27.7 Å². The Kier molecular flexibility index (Phi) is 5.75. The van der Waals surface area contributed by atoms with E-state index in [9.17, 15) is 36.6 Å². The largest absolute Gasteiger partial charge is 0.476 e. The summed E-state index contributed by atoms with van der Waals surface area (Å²) in [7, 11) is 0. The van der Waals surface area contributed by atoms with Crippen LogP contribution < -0.4 is 10.2 Å². The van der Waals surface area contributed by atoms with Crippen molar-refractivity contribution >= 4 is 16.9 Å². The van der Waals surface area contributed by atoms with Gasteiger partial charge in [-0.3, -0.25) is 4.79 Å². The summed E-state index contributed by atoms with van der Waals surface area (Å²) in [5.74, 6) is -4.46. The molecule has 3 aromatic heterocycles. The van der Waals surface area contributed by atoms with Crippen LogP contribution in [0.15, 0.2) is 41.5 Å². The SMILES string of the molecule is Cc1c(Oc2ncc(C(F)(F)F)c(C)c2-c2cc(=O)c3c(C(=O)O)nccc3[nH]2)ccc(F)c1F. The summed E-state index contributed by atoms with van der Waals surface area (Å²) in [6.45, 7) is 2.34. The van der Waals surface area contributed by atoms with Gasteiger partial charge in [0, 0.05) is 24.0 Å². The highest BCUT2D eigenvalue weighted by Crippen LogP contribution is 2.41. The van der Waals surface area contributed by atoms with Gasteiger partial charge in [0.25, 0.3) is 0 Å². The molecule has 12 heteroatoms. The van der Waals surface area contributed by atoms with E-state index in [4.69, 9.17) is 4.74 Å². The minimum atomic E-state index is -4.81. The van der Waals surface area contributed by atoms with E-state index in [0.29, 0.717) is 6.20 Å². The lowest BCUT2D eigenvalue weighted by Crippen LogP contribution is -2.13. The van der Waals surface area contributed by atoms with E-state index < -0.39 is 46.3 Å². The number of ether oxygens (including phenoxy) is 1. The first-order valence-corrected chi connectivity index (χ1v) is 9.85. The Balaban J connectivity index is 2.00. The van der Waals surface area contributed by atoms with E-state index in [2.05, 4.69) is 15.0 Å². The van der Waals surface area contributed by atoms with Crippen molar-refractivity contribution in [2.45, 2.75) is 20.0 Å². The Labute approximate surface area is 192 Å². The number of aromatic amines is 1. The number of fused-ring (bicyclic) bond motifs is 1. The number of halogens is 5. The molecular formula is C23H14F5N3O4. The molecule has 1 aromatic carbocycles. The molecule has 0 aliphatic heterocycles. The Morgan fingerprint density at radius 1 is 1.09 bits per heavy atom. The predicted molar refractivity (Wildman–Crippen MR) is 113 cm³/mol. The van der Waals surface area contributed by atoms with Crippen LogP contribution in [0.1, 0.15) is 27.2 Å². The lowest BCUT2D eigenvalue weighted by molar-refractivity contribution is -0.138. The Bertz CT molecular complexity index is 1560. The van der Waals surface area contributed by atoms with Crippen LogP contribution in [0.25, 0.3) is 22.2 Å². The smallest absolute Gasteiger partial charge is 0.418 e. The number of H-pyrrole nitrogens is 1. The summed E-state index contributed by atoms with van der Waals surface area (Å²) in [6.07, 6.45) is -3.17. The zero-order chi connectivity index (χ0) is 25.7. The third-order valence-corrected chi connectivity index (χ3v) is 5.32. The van der Waals surface area contributed by atoms with Gasteiger partial charge in [-0.05, 0) is 37.6 Å². The summed E-state index contributed by atoms with van der Waals surface area (Å²) in [5, 5.41) is 9.03. The Morgan fingerprint density at radius 3 is 2.46 bits per heavy atom. The molecule has 3 heterocycles. The number of alkyl halides is 3. The molecule has 0 amide bonds. The first-order chi connectivity index (χ1) is 16.4. The number of aromatic nitrogens is 3. The van der Waals surface area contributed by atoms with Crippen LogP contribution in [0.5, 0.6) is 11.6 Å². The molecule has 0 unspecified atom stereocenters. The number of nitrogens with zero attached hydrogens (tertiary/aromatic N) is 2. The van der Waals surface area contributed by atoms with E-state index in [1.807, 2.05) is 0 Å². The lowest BCUT2D eigenvalue weighted by atomic mass is 10.0. The van der Waals surface area contributed by atoms with Gasteiger partial charge >= 0.3 is 12.1 Å². The molecule has 0 saturated carbocycles. The average molecular weight is 491 g/mol. The summed E-state index contributed by atoms with van der Waals surface area (Å²) >= 11 is 0. The maximum absolute atomic E-state index is 14.0. The molecular weight excluding hydrogens is 477 g/mol. The molecule has 0 aliphatic rings. The predicted octanol–water partition coefficient (Wildman–Crippen LogP) is 5.39. The van der Waals surface area contributed by atoms with Crippen molar-refractivity contribution in [3.8, 4) is 22.9 Å². The van der Waals surface area contributed by atoms with Crippen LogP contribution >= 0.6 is 0 Å². The monoisotopic (exact) mass is 491 g/mol. The number of carboxylic acid groups (broad SMARTS) is 1. The molecule has 180 valence electrons. The molecule has 2 N–H and O–H groups in total. The van der Waals surface area contributed by atoms with Crippen LogP contribution in [-0.4, -0.2) is 26.0 Å². The highest BCUT2D eigenvalue weighted by Gasteiger charge is 2.35. The van der Waals surface area contributed by atoms with Crippen molar-refractivity contribution in [1.29, 1.82) is 0 Å². The lowest BCUT2D eigenvalue weighted by Gasteiger charge is -2.18. The van der Waals surface area contributed by atoms with Gasteiger partial charge in [-0.25, -0.2) is 23.5 Å². The molecule has 0 spiro atoms. The molecule has 0 saturated heterocycles. The summed E-state index contributed by atoms with van der Waals surface area (Å²) < 4.78 is 74.0. The Hall–Kier alpha value is -4.35. The van der Waals surface area contributed by atoms with Gasteiger partial charge in [-0.2, -0.15) is 13.2 Å². The van der Waals surface area contributed by atoms with Gasteiger partial charge in [-0.1, -0.05) is 0 Å². The molecule has 0 radical (unpaired) electrons. The molecule has 0 atom stereocenters. The number of benzene rings is 1. The summed E-state index contributed by atoms with van der Waals surface area (Å²) in [4.78, 5) is 34.4. The zero-order valence-corrected chi connectivity index (χ0v) is 17.9. The molecule has 4 aromatic rings. The number of hydrogen-bond donors (Lipinski definition) is 2.